The molecule has 1 fully saturated rings. The Kier molecular flexibility index (Phi) is 5.17. The second-order valence-corrected chi connectivity index (χ2v) is 7.56. The molecule has 4 heterocycles. The van der Waals surface area contributed by atoms with Gasteiger partial charge in [0.2, 0.25) is 0 Å². The van der Waals surface area contributed by atoms with Gasteiger partial charge in [-0.3, -0.25) is 14.4 Å². The highest BCUT2D eigenvalue weighted by Gasteiger charge is 2.26. The summed E-state index contributed by atoms with van der Waals surface area (Å²) in [5, 5.41) is 8.39. The van der Waals surface area contributed by atoms with Crippen molar-refractivity contribution in [3.63, 3.8) is 0 Å². The summed E-state index contributed by atoms with van der Waals surface area (Å²) in [6.45, 7) is 6.38. The van der Waals surface area contributed by atoms with Crippen LogP contribution in [0.25, 0.3) is 11.0 Å². The van der Waals surface area contributed by atoms with E-state index in [2.05, 4.69) is 20.3 Å². The van der Waals surface area contributed by atoms with Gasteiger partial charge < -0.3 is 9.73 Å². The van der Waals surface area contributed by atoms with E-state index in [0.717, 1.165) is 41.3 Å². The first-order valence-corrected chi connectivity index (χ1v) is 9.91. The molecule has 7 heteroatoms. The molecule has 1 amide bonds. The molecule has 4 rings (SSSR count). The number of piperidine rings is 1. The highest BCUT2D eigenvalue weighted by atomic mass is 16.3. The fourth-order valence-corrected chi connectivity index (χ4v) is 4.15. The molecule has 0 aromatic carbocycles. The van der Waals surface area contributed by atoms with E-state index in [1.165, 1.54) is 19.3 Å². The molecule has 3 aromatic rings. The average molecular weight is 381 g/mol. The molecule has 1 unspecified atom stereocenters. The van der Waals surface area contributed by atoms with Crippen LogP contribution in [0.3, 0.4) is 0 Å². The third kappa shape index (κ3) is 3.54. The predicted octanol–water partition coefficient (Wildman–Crippen LogP) is 3.14. The van der Waals surface area contributed by atoms with Crippen LogP contribution in [0, 0.1) is 13.8 Å². The molecule has 0 saturated carbocycles. The molecule has 148 valence electrons. The molecule has 1 aliphatic heterocycles. The summed E-state index contributed by atoms with van der Waals surface area (Å²) in [6, 6.07) is 5.79. The van der Waals surface area contributed by atoms with Crippen molar-refractivity contribution in [3.05, 3.63) is 47.2 Å². The molecular weight excluding hydrogens is 354 g/mol. The lowest BCUT2D eigenvalue weighted by molar-refractivity contribution is 0.0915. The quantitative estimate of drug-likeness (QED) is 0.735. The molecule has 1 aliphatic rings. The second-order valence-electron chi connectivity index (χ2n) is 7.56. The van der Waals surface area contributed by atoms with Gasteiger partial charge in [0.15, 0.2) is 5.65 Å². The van der Waals surface area contributed by atoms with Crippen molar-refractivity contribution in [1.82, 2.24) is 25.0 Å². The van der Waals surface area contributed by atoms with Gasteiger partial charge in [0.1, 0.15) is 5.76 Å². The lowest BCUT2D eigenvalue weighted by Gasteiger charge is -2.33. The minimum atomic E-state index is -0.0971. The van der Waals surface area contributed by atoms with Crippen molar-refractivity contribution in [1.29, 1.82) is 0 Å². The standard InChI is InChI=1S/C21H27N5O2/c1-14-12-16(19-15(2)24-25(3)20(19)23-14)21(27)22-13-17(18-8-7-11-28-18)26-9-5-4-6-10-26/h7-8,11-12,17H,4-6,9-10,13H2,1-3H3,(H,22,27). The van der Waals surface area contributed by atoms with E-state index in [1.54, 1.807) is 10.9 Å². The monoisotopic (exact) mass is 381 g/mol. The molecule has 0 radical (unpaired) electrons. The van der Waals surface area contributed by atoms with E-state index in [0.29, 0.717) is 12.1 Å². The summed E-state index contributed by atoms with van der Waals surface area (Å²) in [5.74, 6) is 0.802. The van der Waals surface area contributed by atoms with Crippen molar-refractivity contribution in [2.75, 3.05) is 19.6 Å². The number of pyridine rings is 1. The summed E-state index contributed by atoms with van der Waals surface area (Å²) in [4.78, 5) is 20.1. The second kappa shape index (κ2) is 7.75. The number of nitrogens with one attached hydrogen (secondary N) is 1. The van der Waals surface area contributed by atoms with E-state index in [9.17, 15) is 4.79 Å². The van der Waals surface area contributed by atoms with Crippen LogP contribution in [0.2, 0.25) is 0 Å². The van der Waals surface area contributed by atoms with Crippen molar-refractivity contribution in [3.8, 4) is 0 Å². The Morgan fingerprint density at radius 3 is 2.79 bits per heavy atom. The van der Waals surface area contributed by atoms with Crippen LogP contribution in [0.5, 0.6) is 0 Å². The number of hydrogen-bond donors (Lipinski definition) is 1. The van der Waals surface area contributed by atoms with Crippen LogP contribution in [-0.4, -0.2) is 45.2 Å². The zero-order chi connectivity index (χ0) is 19.7. The molecule has 1 atom stereocenters. The summed E-state index contributed by atoms with van der Waals surface area (Å²) in [7, 11) is 1.85. The maximum Gasteiger partial charge on any atom is 0.252 e. The van der Waals surface area contributed by atoms with E-state index in [4.69, 9.17) is 4.42 Å². The lowest BCUT2D eigenvalue weighted by atomic mass is 10.1. The molecule has 0 aliphatic carbocycles. The van der Waals surface area contributed by atoms with E-state index in [1.807, 2.05) is 39.1 Å². The molecule has 0 bridgehead atoms. The van der Waals surface area contributed by atoms with Crippen LogP contribution >= 0.6 is 0 Å². The Morgan fingerprint density at radius 2 is 2.07 bits per heavy atom. The summed E-state index contributed by atoms with van der Waals surface area (Å²) < 4.78 is 7.41. The fraction of sp³-hybridized carbons (Fsp3) is 0.476. The maximum absolute atomic E-state index is 13.1. The number of likely N-dealkylation sites (tertiary alicyclic amines) is 1. The van der Waals surface area contributed by atoms with Crippen LogP contribution in [0.1, 0.15) is 52.8 Å². The first-order valence-electron chi connectivity index (χ1n) is 9.91. The predicted molar refractivity (Wildman–Crippen MR) is 107 cm³/mol. The van der Waals surface area contributed by atoms with Crippen LogP contribution in [-0.2, 0) is 7.05 Å². The Morgan fingerprint density at radius 1 is 1.29 bits per heavy atom. The van der Waals surface area contributed by atoms with Gasteiger partial charge in [-0.2, -0.15) is 5.10 Å². The first-order chi connectivity index (χ1) is 13.5. The third-order valence-electron chi connectivity index (χ3n) is 5.50. The van der Waals surface area contributed by atoms with Crippen LogP contribution in [0.4, 0.5) is 0 Å². The van der Waals surface area contributed by atoms with E-state index < -0.39 is 0 Å². The number of hydrogen-bond acceptors (Lipinski definition) is 5. The number of carbonyl (C=O) groups is 1. The van der Waals surface area contributed by atoms with E-state index in [-0.39, 0.29) is 11.9 Å². The molecular formula is C21H27N5O2. The normalized spacial score (nSPS) is 16.4. The zero-order valence-electron chi connectivity index (χ0n) is 16.7. The van der Waals surface area contributed by atoms with Gasteiger partial charge in [0.25, 0.3) is 5.91 Å². The van der Waals surface area contributed by atoms with Crippen molar-refractivity contribution in [2.24, 2.45) is 7.05 Å². The minimum absolute atomic E-state index is 0.0488. The highest BCUT2D eigenvalue weighted by molar-refractivity contribution is 6.06. The Bertz CT molecular complexity index is 971. The van der Waals surface area contributed by atoms with Crippen molar-refractivity contribution < 1.29 is 9.21 Å². The smallest absolute Gasteiger partial charge is 0.252 e. The maximum atomic E-state index is 13.1. The number of nitrogens with zero attached hydrogens (tertiary/aromatic N) is 4. The SMILES string of the molecule is Cc1cc(C(=O)NCC(c2ccco2)N2CCCCC2)c2c(C)nn(C)c2n1. The topological polar surface area (TPSA) is 76.2 Å². The largest absolute Gasteiger partial charge is 0.468 e. The molecule has 3 aromatic heterocycles. The van der Waals surface area contributed by atoms with Gasteiger partial charge in [0, 0.05) is 19.3 Å². The van der Waals surface area contributed by atoms with E-state index >= 15 is 0 Å². The number of carbonyl (C=O) groups excluding carboxylic acids is 1. The highest BCUT2D eigenvalue weighted by Crippen LogP contribution is 2.25. The number of aromatic nitrogens is 3. The molecule has 1 N–H and O–H groups in total. The van der Waals surface area contributed by atoms with Crippen LogP contribution in [0.15, 0.2) is 28.9 Å². The van der Waals surface area contributed by atoms with Gasteiger partial charge >= 0.3 is 0 Å². The van der Waals surface area contributed by atoms with Crippen molar-refractivity contribution >= 4 is 16.9 Å². The number of fused-ring (bicyclic) bond motifs is 1. The average Bonchev–Trinajstić information content (AvgIpc) is 3.31. The Balaban J connectivity index is 1.58. The number of aryl methyl sites for hydroxylation is 3. The Labute approximate surface area is 164 Å². The molecule has 1 saturated heterocycles. The van der Waals surface area contributed by atoms with Crippen molar-refractivity contribution in [2.45, 2.75) is 39.2 Å². The minimum Gasteiger partial charge on any atom is -0.468 e. The molecule has 0 spiro atoms. The number of rotatable bonds is 5. The van der Waals surface area contributed by atoms with Gasteiger partial charge in [-0.1, -0.05) is 6.42 Å². The van der Waals surface area contributed by atoms with Gasteiger partial charge in [-0.15, -0.1) is 0 Å². The Hall–Kier alpha value is -2.67. The van der Waals surface area contributed by atoms with Gasteiger partial charge in [-0.25, -0.2) is 4.98 Å². The fourth-order valence-electron chi connectivity index (χ4n) is 4.15. The van der Waals surface area contributed by atoms with Crippen LogP contribution < -0.4 is 5.32 Å². The first kappa shape index (κ1) is 18.7. The summed E-state index contributed by atoms with van der Waals surface area (Å²) in [5.41, 5.74) is 2.99. The van der Waals surface area contributed by atoms with Gasteiger partial charge in [0.05, 0.1) is 28.9 Å². The number of furan rings is 1. The molecule has 28 heavy (non-hydrogen) atoms. The summed E-state index contributed by atoms with van der Waals surface area (Å²) in [6.07, 6.45) is 5.33. The summed E-state index contributed by atoms with van der Waals surface area (Å²) >= 11 is 0. The zero-order valence-corrected chi connectivity index (χ0v) is 16.7. The lowest BCUT2D eigenvalue weighted by Crippen LogP contribution is -2.40. The van der Waals surface area contributed by atoms with Gasteiger partial charge in [-0.05, 0) is 58.0 Å². The molecule has 7 nitrogen and oxygen atoms in total. The third-order valence-corrected chi connectivity index (χ3v) is 5.50. The number of amides is 1.